The summed E-state index contributed by atoms with van der Waals surface area (Å²) in [6.07, 6.45) is 0. The van der Waals surface area contributed by atoms with Crippen molar-refractivity contribution >= 4 is 23.1 Å². The normalized spacial score (nSPS) is 11.1. The molecule has 5 nitrogen and oxygen atoms in total. The van der Waals surface area contributed by atoms with Crippen LogP contribution in [0.5, 0.6) is 11.5 Å². The van der Waals surface area contributed by atoms with Crippen LogP contribution in [0.2, 0.25) is 0 Å². The minimum atomic E-state index is -0.373. The summed E-state index contributed by atoms with van der Waals surface area (Å²) in [5.41, 5.74) is 12.9. The third kappa shape index (κ3) is 7.67. The van der Waals surface area contributed by atoms with E-state index in [0.717, 1.165) is 66.8 Å². The first-order valence-corrected chi connectivity index (χ1v) is 19.3. The van der Waals surface area contributed by atoms with Crippen molar-refractivity contribution in [2.75, 3.05) is 0 Å². The minimum absolute atomic E-state index is 0.0833. The highest BCUT2D eigenvalue weighted by Crippen LogP contribution is 2.38. The van der Waals surface area contributed by atoms with Gasteiger partial charge in [0, 0.05) is 33.4 Å². The van der Waals surface area contributed by atoms with E-state index in [-0.39, 0.29) is 56.9 Å². The fourth-order valence-electron chi connectivity index (χ4n) is 8.87. The van der Waals surface area contributed by atoms with Gasteiger partial charge in [0.1, 0.15) is 11.5 Å². The summed E-state index contributed by atoms with van der Waals surface area (Å²) in [5, 5.41) is 0. The number of benzene rings is 6. The lowest BCUT2D eigenvalue weighted by Gasteiger charge is -2.21. The molecule has 0 aliphatic heterocycles. The van der Waals surface area contributed by atoms with E-state index >= 15 is 9.59 Å². The lowest BCUT2D eigenvalue weighted by Crippen LogP contribution is -2.18. The molecule has 0 aliphatic carbocycles. The van der Waals surface area contributed by atoms with Gasteiger partial charge in [-0.05, 0) is 140 Å². The van der Waals surface area contributed by atoms with Gasteiger partial charge in [0.25, 0.3) is 0 Å². The van der Waals surface area contributed by atoms with Crippen molar-refractivity contribution in [2.45, 2.75) is 83.1 Å². The predicted octanol–water partition coefficient (Wildman–Crippen LogP) is 12.1. The fourth-order valence-corrected chi connectivity index (χ4v) is 8.87. The number of carbonyl (C=O) groups excluding carboxylic acids is 4. The molecule has 6 rings (SSSR count). The van der Waals surface area contributed by atoms with Gasteiger partial charge in [0.2, 0.25) is 0 Å². The van der Waals surface area contributed by atoms with Crippen LogP contribution in [0.15, 0.2) is 84.9 Å². The summed E-state index contributed by atoms with van der Waals surface area (Å²) in [5.74, 6) is -1.15. The predicted molar refractivity (Wildman–Crippen MR) is 229 cm³/mol. The number of aryl methyl sites for hydroxylation is 12. The standard InChI is InChI=1S/C52H50O5/c1-27-19-31(5)43(32(6)20-27)49(53)39-15-13-17-41(47(39)51(55)45-35(9)23-29(3)24-36(45)10)57-42-18-14-16-40(50(54)44-33(7)21-28(2)22-34(44)8)48(42)52(56)46-37(11)25-30(4)26-38(46)12/h13-26H,1-12H3. The summed E-state index contributed by atoms with van der Waals surface area (Å²) < 4.78 is 6.80. The van der Waals surface area contributed by atoms with Crippen molar-refractivity contribution in [3.63, 3.8) is 0 Å². The Bertz CT molecular complexity index is 2410. The molecular weight excluding hydrogens is 705 g/mol. The first-order chi connectivity index (χ1) is 26.9. The van der Waals surface area contributed by atoms with Gasteiger partial charge in [-0.3, -0.25) is 19.2 Å². The average Bonchev–Trinajstić information content (AvgIpc) is 3.09. The van der Waals surface area contributed by atoms with E-state index < -0.39 is 0 Å². The van der Waals surface area contributed by atoms with Crippen molar-refractivity contribution in [1.29, 1.82) is 0 Å². The van der Waals surface area contributed by atoms with E-state index in [4.69, 9.17) is 4.74 Å². The Labute approximate surface area is 336 Å². The Morgan fingerprint density at radius 2 is 0.544 bits per heavy atom. The molecule has 6 aromatic rings. The van der Waals surface area contributed by atoms with Gasteiger partial charge in [-0.2, -0.15) is 0 Å². The van der Waals surface area contributed by atoms with E-state index in [2.05, 4.69) is 0 Å². The van der Waals surface area contributed by atoms with E-state index in [0.29, 0.717) is 22.3 Å². The minimum Gasteiger partial charge on any atom is -0.456 e. The molecule has 288 valence electrons. The fraction of sp³-hybridized carbons (Fsp3) is 0.231. The molecule has 0 bridgehead atoms. The molecule has 0 amide bonds. The zero-order valence-corrected chi connectivity index (χ0v) is 35.1. The monoisotopic (exact) mass is 754 g/mol. The van der Waals surface area contributed by atoms with Gasteiger partial charge in [-0.1, -0.05) is 95.1 Å². The van der Waals surface area contributed by atoms with Gasteiger partial charge >= 0.3 is 0 Å². The van der Waals surface area contributed by atoms with E-state index in [1.165, 1.54) is 0 Å². The average molecular weight is 755 g/mol. The molecule has 57 heavy (non-hydrogen) atoms. The number of rotatable bonds is 10. The summed E-state index contributed by atoms with van der Waals surface area (Å²) in [6, 6.07) is 25.7. The van der Waals surface area contributed by atoms with E-state index in [9.17, 15) is 9.59 Å². The third-order valence-electron chi connectivity index (χ3n) is 10.8. The van der Waals surface area contributed by atoms with Crippen LogP contribution in [0, 0.1) is 83.1 Å². The molecule has 0 atom stereocenters. The topological polar surface area (TPSA) is 77.5 Å². The van der Waals surface area contributed by atoms with Crippen molar-refractivity contribution in [1.82, 2.24) is 0 Å². The van der Waals surface area contributed by atoms with E-state index in [1.54, 1.807) is 36.4 Å². The van der Waals surface area contributed by atoms with Crippen molar-refractivity contribution in [3.05, 3.63) is 196 Å². The summed E-state index contributed by atoms with van der Waals surface area (Å²) in [7, 11) is 0. The number of ether oxygens (including phenoxy) is 1. The van der Waals surface area contributed by atoms with Crippen LogP contribution in [-0.4, -0.2) is 23.1 Å². The molecule has 0 fully saturated rings. The Kier molecular flexibility index (Phi) is 11.2. The molecule has 0 radical (unpaired) electrons. The van der Waals surface area contributed by atoms with Crippen LogP contribution in [0.1, 0.15) is 130 Å². The van der Waals surface area contributed by atoms with Crippen LogP contribution >= 0.6 is 0 Å². The van der Waals surface area contributed by atoms with Crippen LogP contribution in [-0.2, 0) is 0 Å². The summed E-state index contributed by atoms with van der Waals surface area (Å²) in [6.45, 7) is 23.1. The Hall–Kier alpha value is -6.20. The molecule has 5 heteroatoms. The van der Waals surface area contributed by atoms with Crippen LogP contribution in [0.3, 0.4) is 0 Å². The maximum Gasteiger partial charge on any atom is 0.198 e. The van der Waals surface area contributed by atoms with Crippen LogP contribution in [0.25, 0.3) is 0 Å². The van der Waals surface area contributed by atoms with Gasteiger partial charge in [0.15, 0.2) is 23.1 Å². The number of hydrogen-bond donors (Lipinski definition) is 0. The van der Waals surface area contributed by atoms with Crippen molar-refractivity contribution in [2.24, 2.45) is 0 Å². The Balaban J connectivity index is 1.64. The highest BCUT2D eigenvalue weighted by molar-refractivity contribution is 6.24. The zero-order valence-electron chi connectivity index (χ0n) is 35.1. The molecule has 0 unspecified atom stereocenters. The Morgan fingerprint density at radius 3 is 0.789 bits per heavy atom. The van der Waals surface area contributed by atoms with E-state index in [1.807, 2.05) is 132 Å². The second-order valence-electron chi connectivity index (χ2n) is 15.9. The van der Waals surface area contributed by atoms with Crippen molar-refractivity contribution < 1.29 is 23.9 Å². The molecule has 0 saturated carbocycles. The molecule has 0 aromatic heterocycles. The van der Waals surface area contributed by atoms with Crippen LogP contribution in [0.4, 0.5) is 0 Å². The van der Waals surface area contributed by atoms with Gasteiger partial charge in [-0.15, -0.1) is 0 Å². The molecule has 0 spiro atoms. The highest BCUT2D eigenvalue weighted by atomic mass is 16.5. The molecular formula is C52H50O5. The maximum atomic E-state index is 15.1. The Morgan fingerprint density at radius 1 is 0.316 bits per heavy atom. The first-order valence-electron chi connectivity index (χ1n) is 19.3. The maximum absolute atomic E-state index is 15.1. The zero-order chi connectivity index (χ0) is 41.6. The molecule has 0 N–H and O–H groups in total. The largest absolute Gasteiger partial charge is 0.456 e. The first kappa shape index (κ1) is 40.5. The summed E-state index contributed by atoms with van der Waals surface area (Å²) in [4.78, 5) is 59.6. The molecule has 0 aliphatic rings. The SMILES string of the molecule is Cc1cc(C)c(C(=O)c2cccc(Oc3cccc(C(=O)c4c(C)cc(C)cc4C)c3C(=O)c3c(C)cc(C)cc3C)c2C(=O)c2c(C)cc(C)cc2C)c(C)c1. The van der Waals surface area contributed by atoms with Crippen molar-refractivity contribution in [3.8, 4) is 11.5 Å². The third-order valence-corrected chi connectivity index (χ3v) is 10.8. The van der Waals surface area contributed by atoms with Gasteiger partial charge < -0.3 is 4.74 Å². The van der Waals surface area contributed by atoms with Gasteiger partial charge in [-0.25, -0.2) is 0 Å². The lowest BCUT2D eigenvalue weighted by atomic mass is 9.86. The molecule has 6 aromatic carbocycles. The van der Waals surface area contributed by atoms with Gasteiger partial charge in [0.05, 0.1) is 11.1 Å². The molecule has 0 heterocycles. The van der Waals surface area contributed by atoms with Crippen LogP contribution < -0.4 is 4.74 Å². The number of carbonyl (C=O) groups is 4. The highest BCUT2D eigenvalue weighted by Gasteiger charge is 2.31. The summed E-state index contributed by atoms with van der Waals surface area (Å²) >= 11 is 0. The second kappa shape index (κ2) is 15.7. The lowest BCUT2D eigenvalue weighted by molar-refractivity contribution is 0.0997. The number of ketones is 4. The quantitative estimate of drug-likeness (QED) is 0.130. The smallest absolute Gasteiger partial charge is 0.198 e. The molecule has 0 saturated heterocycles. The second-order valence-corrected chi connectivity index (χ2v) is 15.9. The number of hydrogen-bond acceptors (Lipinski definition) is 5.